The van der Waals surface area contributed by atoms with Crippen LogP contribution in [0.3, 0.4) is 0 Å². The average Bonchev–Trinajstić information content (AvgIpc) is 2.20. The standard InChI is InChI=1S/C11H17BNO2.HI/c1-11(2)8-14-12(15-9-11)10-4-6-13(3)7-5-10;/h4-7H,8-9H2,1-3H3;1H/q+1;/p-1. The molecule has 1 aromatic rings. The second-order valence-corrected chi connectivity index (χ2v) is 4.92. The fraction of sp³-hybridized carbons (Fsp3) is 0.545. The third kappa shape index (κ3) is 3.43. The van der Waals surface area contributed by atoms with Gasteiger partial charge in [-0.05, 0) is 5.46 Å². The molecule has 2 rings (SSSR count). The van der Waals surface area contributed by atoms with Gasteiger partial charge in [0.05, 0.1) is 0 Å². The molecule has 0 atom stereocenters. The van der Waals surface area contributed by atoms with E-state index < -0.39 is 0 Å². The van der Waals surface area contributed by atoms with E-state index in [1.165, 1.54) is 0 Å². The maximum absolute atomic E-state index is 5.69. The van der Waals surface area contributed by atoms with Crippen LogP contribution in [0.2, 0.25) is 0 Å². The van der Waals surface area contributed by atoms with E-state index >= 15 is 0 Å². The van der Waals surface area contributed by atoms with Crippen molar-refractivity contribution in [2.75, 3.05) is 13.2 Å². The molecule has 1 aliphatic rings. The normalized spacial score (nSPS) is 19.1. The SMILES string of the molecule is C[n+]1ccc(B2OCC(C)(C)CO2)cc1.[I-]. The number of nitrogens with zero attached hydrogens (tertiary/aromatic N) is 1. The van der Waals surface area contributed by atoms with Crippen LogP contribution in [0.25, 0.3) is 0 Å². The summed E-state index contributed by atoms with van der Waals surface area (Å²) in [5, 5.41) is 0. The van der Waals surface area contributed by atoms with Gasteiger partial charge in [-0.25, -0.2) is 4.57 Å². The van der Waals surface area contributed by atoms with Crippen LogP contribution in [0.4, 0.5) is 0 Å². The zero-order valence-corrected chi connectivity index (χ0v) is 12.1. The molecular formula is C11H17BINO2. The number of hydrogen-bond acceptors (Lipinski definition) is 2. The van der Waals surface area contributed by atoms with Crippen molar-refractivity contribution in [1.29, 1.82) is 0 Å². The summed E-state index contributed by atoms with van der Waals surface area (Å²) in [6.45, 7) is 5.79. The fourth-order valence-corrected chi connectivity index (χ4v) is 1.55. The van der Waals surface area contributed by atoms with Crippen LogP contribution in [0.15, 0.2) is 24.5 Å². The van der Waals surface area contributed by atoms with Crippen LogP contribution in [-0.4, -0.2) is 20.3 Å². The van der Waals surface area contributed by atoms with E-state index in [4.69, 9.17) is 9.31 Å². The summed E-state index contributed by atoms with van der Waals surface area (Å²) in [6, 6.07) is 4.06. The minimum absolute atomic E-state index is 0. The van der Waals surface area contributed by atoms with Gasteiger partial charge in [0.25, 0.3) is 0 Å². The lowest BCUT2D eigenvalue weighted by Gasteiger charge is -2.32. The first-order valence-corrected chi connectivity index (χ1v) is 5.25. The molecule has 0 aromatic carbocycles. The number of aromatic nitrogens is 1. The lowest BCUT2D eigenvalue weighted by molar-refractivity contribution is -0.671. The Balaban J connectivity index is 0.00000128. The highest BCUT2D eigenvalue weighted by Crippen LogP contribution is 2.21. The van der Waals surface area contributed by atoms with Crippen molar-refractivity contribution >= 4 is 12.6 Å². The topological polar surface area (TPSA) is 22.3 Å². The van der Waals surface area contributed by atoms with Crippen molar-refractivity contribution in [3.05, 3.63) is 24.5 Å². The molecule has 16 heavy (non-hydrogen) atoms. The number of pyridine rings is 1. The zero-order chi connectivity index (χ0) is 10.9. The van der Waals surface area contributed by atoms with E-state index in [0.29, 0.717) is 0 Å². The van der Waals surface area contributed by atoms with Crippen molar-refractivity contribution in [2.24, 2.45) is 12.5 Å². The van der Waals surface area contributed by atoms with Crippen LogP contribution in [0.1, 0.15) is 13.8 Å². The molecule has 0 amide bonds. The van der Waals surface area contributed by atoms with Gasteiger partial charge in [-0.3, -0.25) is 0 Å². The molecule has 3 nitrogen and oxygen atoms in total. The molecule has 5 heteroatoms. The summed E-state index contributed by atoms with van der Waals surface area (Å²) in [5.41, 5.74) is 1.22. The van der Waals surface area contributed by atoms with Gasteiger partial charge in [0.2, 0.25) is 0 Å². The highest BCUT2D eigenvalue weighted by Gasteiger charge is 2.33. The molecule has 0 unspecified atom stereocenters. The zero-order valence-electron chi connectivity index (χ0n) is 9.94. The van der Waals surface area contributed by atoms with Gasteiger partial charge in [-0.1, -0.05) is 13.8 Å². The lowest BCUT2D eigenvalue weighted by Crippen LogP contribution is -3.00. The second-order valence-electron chi connectivity index (χ2n) is 4.92. The molecule has 0 saturated carbocycles. The largest absolute Gasteiger partial charge is 1.00 e. The molecule has 1 saturated heterocycles. The highest BCUT2D eigenvalue weighted by molar-refractivity contribution is 6.61. The Kier molecular flexibility index (Phi) is 4.76. The molecular weight excluding hydrogens is 316 g/mol. The Bertz CT molecular complexity index is 332. The predicted octanol–water partition coefficient (Wildman–Crippen LogP) is -2.72. The van der Waals surface area contributed by atoms with E-state index in [1.54, 1.807) is 0 Å². The van der Waals surface area contributed by atoms with Crippen LogP contribution in [0, 0.1) is 5.41 Å². The van der Waals surface area contributed by atoms with Crippen LogP contribution in [-0.2, 0) is 16.4 Å². The molecule has 1 aliphatic heterocycles. The van der Waals surface area contributed by atoms with E-state index in [0.717, 1.165) is 18.7 Å². The number of halogens is 1. The van der Waals surface area contributed by atoms with Gasteiger partial charge in [-0.2, -0.15) is 0 Å². The predicted molar refractivity (Wildman–Crippen MR) is 58.7 cm³/mol. The van der Waals surface area contributed by atoms with Crippen LogP contribution >= 0.6 is 0 Å². The summed E-state index contributed by atoms with van der Waals surface area (Å²) in [6.07, 6.45) is 4.00. The number of rotatable bonds is 1. The Morgan fingerprint density at radius 3 is 2.19 bits per heavy atom. The molecule has 1 fully saturated rings. The van der Waals surface area contributed by atoms with Crippen LogP contribution < -0.4 is 34.0 Å². The average molecular weight is 333 g/mol. The van der Waals surface area contributed by atoms with Crippen molar-refractivity contribution in [3.63, 3.8) is 0 Å². The van der Waals surface area contributed by atoms with Gasteiger partial charge >= 0.3 is 7.12 Å². The second kappa shape index (κ2) is 5.47. The molecule has 0 spiro atoms. The minimum atomic E-state index is -0.195. The lowest BCUT2D eigenvalue weighted by atomic mass is 9.76. The molecule has 1 aromatic heterocycles. The maximum atomic E-state index is 5.69. The van der Waals surface area contributed by atoms with E-state index in [2.05, 4.69) is 13.8 Å². The smallest absolute Gasteiger partial charge is 0.494 e. The summed E-state index contributed by atoms with van der Waals surface area (Å²) in [4.78, 5) is 0. The van der Waals surface area contributed by atoms with E-state index in [9.17, 15) is 0 Å². The van der Waals surface area contributed by atoms with Gasteiger partial charge in [0, 0.05) is 30.8 Å². The Morgan fingerprint density at radius 2 is 1.69 bits per heavy atom. The minimum Gasteiger partial charge on any atom is -1.00 e. The molecule has 0 N–H and O–H groups in total. The first-order chi connectivity index (χ1) is 7.07. The van der Waals surface area contributed by atoms with Gasteiger partial charge < -0.3 is 33.3 Å². The third-order valence-corrected chi connectivity index (χ3v) is 2.53. The maximum Gasteiger partial charge on any atom is 0.494 e. The first-order valence-electron chi connectivity index (χ1n) is 5.25. The molecule has 0 aliphatic carbocycles. The van der Waals surface area contributed by atoms with Crippen LogP contribution in [0.5, 0.6) is 0 Å². The Hall–Kier alpha value is -0.135. The fourth-order valence-electron chi connectivity index (χ4n) is 1.55. The molecule has 0 radical (unpaired) electrons. The molecule has 88 valence electrons. The number of hydrogen-bond donors (Lipinski definition) is 0. The van der Waals surface area contributed by atoms with Crippen molar-refractivity contribution in [1.82, 2.24) is 0 Å². The van der Waals surface area contributed by atoms with Gasteiger partial charge in [0.15, 0.2) is 12.4 Å². The van der Waals surface area contributed by atoms with Crippen molar-refractivity contribution < 1.29 is 37.9 Å². The number of aryl methyl sites for hydroxylation is 1. The molecule has 0 bridgehead atoms. The van der Waals surface area contributed by atoms with Gasteiger partial charge in [0.1, 0.15) is 7.05 Å². The van der Waals surface area contributed by atoms with Crippen molar-refractivity contribution in [3.8, 4) is 0 Å². The highest BCUT2D eigenvalue weighted by atomic mass is 127. The Labute approximate surface area is 114 Å². The van der Waals surface area contributed by atoms with Gasteiger partial charge in [-0.15, -0.1) is 0 Å². The van der Waals surface area contributed by atoms with E-state index in [1.807, 2.05) is 36.1 Å². The van der Waals surface area contributed by atoms with E-state index in [-0.39, 0.29) is 36.5 Å². The summed E-state index contributed by atoms with van der Waals surface area (Å²) in [5.74, 6) is 0. The quantitative estimate of drug-likeness (QED) is 0.317. The first kappa shape index (κ1) is 13.9. The monoisotopic (exact) mass is 333 g/mol. The summed E-state index contributed by atoms with van der Waals surface area (Å²) < 4.78 is 13.4. The Morgan fingerprint density at radius 1 is 1.19 bits per heavy atom. The molecule has 2 heterocycles. The summed E-state index contributed by atoms with van der Waals surface area (Å²) >= 11 is 0. The third-order valence-electron chi connectivity index (χ3n) is 2.53. The van der Waals surface area contributed by atoms with Crippen molar-refractivity contribution in [2.45, 2.75) is 13.8 Å². The summed E-state index contributed by atoms with van der Waals surface area (Å²) in [7, 11) is 1.80.